The Morgan fingerprint density at radius 2 is 1.74 bits per heavy atom. The summed E-state index contributed by atoms with van der Waals surface area (Å²) in [6.45, 7) is 0.867. The predicted octanol–water partition coefficient (Wildman–Crippen LogP) is 4.69. The Bertz CT molecular complexity index is 1170. The van der Waals surface area contributed by atoms with Crippen LogP contribution < -0.4 is 10.9 Å². The summed E-state index contributed by atoms with van der Waals surface area (Å²) in [5, 5.41) is 13.8. The minimum atomic E-state index is -0.930. The molecule has 7 rings (SSSR count). The molecule has 1 saturated heterocycles. The highest BCUT2D eigenvalue weighted by molar-refractivity contribution is 6.02. The van der Waals surface area contributed by atoms with Crippen LogP contribution in [-0.4, -0.2) is 39.2 Å². The van der Waals surface area contributed by atoms with Crippen LogP contribution in [0.2, 0.25) is 0 Å². The number of nitrogens with zero attached hydrogens (tertiary/aromatic N) is 2. The largest absolute Gasteiger partial charge is 0.465 e. The van der Waals surface area contributed by atoms with Gasteiger partial charge in [0.25, 0.3) is 5.56 Å². The van der Waals surface area contributed by atoms with Gasteiger partial charge in [-0.15, -0.1) is 0 Å². The number of fused-ring (bicyclic) bond motifs is 1. The fraction of sp³-hybridized carbons (Fsp3) is 0.593. The zero-order valence-corrected chi connectivity index (χ0v) is 19.5. The highest BCUT2D eigenvalue weighted by atomic mass is 16.4. The first-order valence-corrected chi connectivity index (χ1v) is 12.8. The number of hydrogen-bond acceptors (Lipinski definition) is 3. The van der Waals surface area contributed by atoms with Gasteiger partial charge in [0.2, 0.25) is 5.91 Å². The third-order valence-corrected chi connectivity index (χ3v) is 9.02. The van der Waals surface area contributed by atoms with Crippen molar-refractivity contribution in [2.75, 3.05) is 11.9 Å². The van der Waals surface area contributed by atoms with Crippen LogP contribution in [0.5, 0.6) is 0 Å². The number of carbonyl (C=O) groups excluding carboxylic acids is 1. The van der Waals surface area contributed by atoms with Gasteiger partial charge in [-0.1, -0.05) is 6.07 Å². The average molecular weight is 464 g/mol. The maximum Gasteiger partial charge on any atom is 0.407 e. The molecule has 0 spiro atoms. The summed E-state index contributed by atoms with van der Waals surface area (Å²) in [6, 6.07) is 7.15. The van der Waals surface area contributed by atoms with E-state index in [0.717, 1.165) is 36.0 Å². The first kappa shape index (κ1) is 21.7. The van der Waals surface area contributed by atoms with Crippen LogP contribution in [0, 0.1) is 23.2 Å². The van der Waals surface area contributed by atoms with Gasteiger partial charge in [-0.05, 0) is 92.7 Å². The lowest BCUT2D eigenvalue weighted by molar-refractivity contribution is -0.124. The normalized spacial score (nSPS) is 31.8. The van der Waals surface area contributed by atoms with Crippen LogP contribution in [0.4, 0.5) is 10.5 Å². The molecule has 5 aliphatic rings. The second-order valence-electron chi connectivity index (χ2n) is 11.5. The molecule has 2 N–H and O–H groups in total. The Balaban J connectivity index is 1.21. The molecule has 180 valence electrons. The highest BCUT2D eigenvalue weighted by Gasteiger charge is 2.51. The van der Waals surface area contributed by atoms with E-state index in [1.165, 1.54) is 43.4 Å². The van der Waals surface area contributed by atoms with Crippen LogP contribution in [0.3, 0.4) is 0 Å². The van der Waals surface area contributed by atoms with Crippen molar-refractivity contribution in [1.82, 2.24) is 9.47 Å². The van der Waals surface area contributed by atoms with Gasteiger partial charge in [-0.3, -0.25) is 9.59 Å². The number of anilines is 1. The highest BCUT2D eigenvalue weighted by Crippen LogP contribution is 2.61. The van der Waals surface area contributed by atoms with E-state index in [1.807, 2.05) is 18.2 Å². The fourth-order valence-electron chi connectivity index (χ4n) is 8.12. The number of amides is 2. The Morgan fingerprint density at radius 1 is 1.03 bits per heavy atom. The summed E-state index contributed by atoms with van der Waals surface area (Å²) in [5.74, 6) is 2.49. The van der Waals surface area contributed by atoms with E-state index in [2.05, 4.69) is 5.32 Å². The summed E-state index contributed by atoms with van der Waals surface area (Å²) in [7, 11) is 0. The minimum Gasteiger partial charge on any atom is -0.465 e. The third kappa shape index (κ3) is 3.79. The van der Waals surface area contributed by atoms with Crippen molar-refractivity contribution in [3.05, 3.63) is 40.8 Å². The van der Waals surface area contributed by atoms with Crippen molar-refractivity contribution in [3.8, 4) is 0 Å². The summed E-state index contributed by atoms with van der Waals surface area (Å²) < 4.78 is 1.61. The molecule has 4 saturated carbocycles. The number of aromatic nitrogens is 1. The number of benzene rings is 1. The van der Waals surface area contributed by atoms with E-state index < -0.39 is 6.09 Å². The topological polar surface area (TPSA) is 91.6 Å². The number of rotatable bonds is 5. The van der Waals surface area contributed by atoms with Gasteiger partial charge in [0.1, 0.15) is 0 Å². The number of carbonyl (C=O) groups is 2. The number of hydrogen-bond donors (Lipinski definition) is 2. The Labute approximate surface area is 199 Å². The molecule has 7 nitrogen and oxygen atoms in total. The van der Waals surface area contributed by atoms with Crippen molar-refractivity contribution in [2.24, 2.45) is 23.2 Å². The number of nitrogens with one attached hydrogen (secondary N) is 1. The molecule has 1 aromatic heterocycles. The lowest BCUT2D eigenvalue weighted by Crippen LogP contribution is -2.47. The average Bonchev–Trinajstić information content (AvgIpc) is 3.23. The molecule has 0 radical (unpaired) electrons. The zero-order chi connectivity index (χ0) is 23.4. The molecule has 2 amide bonds. The lowest BCUT2D eigenvalue weighted by Gasteiger charge is -2.56. The van der Waals surface area contributed by atoms with Gasteiger partial charge >= 0.3 is 6.09 Å². The van der Waals surface area contributed by atoms with Gasteiger partial charge in [0, 0.05) is 42.2 Å². The minimum absolute atomic E-state index is 0.0571. The Kier molecular flexibility index (Phi) is 5.19. The SMILES string of the molecule is O=C(CC12CC3CC(CC(C3)C1)C2)Nc1cccc2c(=O)n(C[C@@H]3CCCN3C(=O)O)ccc12. The van der Waals surface area contributed by atoms with E-state index in [1.54, 1.807) is 16.8 Å². The standard InChI is InChI=1S/C27H33N3O4/c31-24(15-27-12-17-9-18(13-27)11-19(10-17)14-27)28-23-5-1-4-22-21(23)6-8-29(25(22)32)16-20-3-2-7-30(20)26(33)34/h1,4-6,8,17-20H,2-3,7,9-16H2,(H,28,31)(H,33,34)/t17?,18?,19?,20-,27?/m0/s1. The van der Waals surface area contributed by atoms with Crippen LogP contribution in [-0.2, 0) is 11.3 Å². The molecule has 4 bridgehead atoms. The molecule has 0 unspecified atom stereocenters. The van der Waals surface area contributed by atoms with Crippen molar-refractivity contribution in [2.45, 2.75) is 70.4 Å². The maximum absolute atomic E-state index is 13.2. The first-order chi connectivity index (χ1) is 16.4. The summed E-state index contributed by atoms with van der Waals surface area (Å²) in [4.78, 5) is 39.3. The van der Waals surface area contributed by atoms with E-state index in [0.29, 0.717) is 30.6 Å². The molecule has 7 heteroatoms. The molecule has 5 fully saturated rings. The molecule has 1 atom stereocenters. The van der Waals surface area contributed by atoms with E-state index in [-0.39, 0.29) is 22.9 Å². The van der Waals surface area contributed by atoms with Crippen molar-refractivity contribution in [3.63, 3.8) is 0 Å². The van der Waals surface area contributed by atoms with Gasteiger partial charge < -0.3 is 19.9 Å². The monoisotopic (exact) mass is 463 g/mol. The first-order valence-electron chi connectivity index (χ1n) is 12.8. The quantitative estimate of drug-likeness (QED) is 0.673. The van der Waals surface area contributed by atoms with Crippen LogP contribution >= 0.6 is 0 Å². The van der Waals surface area contributed by atoms with Gasteiger partial charge in [-0.2, -0.15) is 0 Å². The molecule has 2 heterocycles. The van der Waals surface area contributed by atoms with Gasteiger partial charge in [-0.25, -0.2) is 4.79 Å². The number of pyridine rings is 1. The van der Waals surface area contributed by atoms with Crippen LogP contribution in [0.1, 0.15) is 57.8 Å². The second-order valence-corrected chi connectivity index (χ2v) is 11.5. The van der Waals surface area contributed by atoms with E-state index >= 15 is 0 Å². The lowest BCUT2D eigenvalue weighted by atomic mass is 9.49. The van der Waals surface area contributed by atoms with E-state index in [4.69, 9.17) is 0 Å². The molecule has 1 aliphatic heterocycles. The molecule has 1 aromatic carbocycles. The van der Waals surface area contributed by atoms with Crippen molar-refractivity contribution < 1.29 is 14.7 Å². The second kappa shape index (κ2) is 8.14. The Morgan fingerprint density at radius 3 is 2.41 bits per heavy atom. The fourth-order valence-corrected chi connectivity index (χ4v) is 8.12. The van der Waals surface area contributed by atoms with E-state index in [9.17, 15) is 19.5 Å². The van der Waals surface area contributed by atoms with Crippen LogP contribution in [0.15, 0.2) is 35.3 Å². The predicted molar refractivity (Wildman–Crippen MR) is 130 cm³/mol. The summed E-state index contributed by atoms with van der Waals surface area (Å²) in [6.07, 6.45) is 10.6. The summed E-state index contributed by atoms with van der Waals surface area (Å²) >= 11 is 0. The summed E-state index contributed by atoms with van der Waals surface area (Å²) in [5.41, 5.74) is 0.712. The number of likely N-dealkylation sites (tertiary alicyclic amines) is 1. The van der Waals surface area contributed by atoms with Gasteiger partial charge in [0.05, 0.1) is 6.04 Å². The molecule has 4 aliphatic carbocycles. The molecule has 2 aromatic rings. The zero-order valence-electron chi connectivity index (χ0n) is 19.5. The molecular formula is C27H33N3O4. The third-order valence-electron chi connectivity index (χ3n) is 9.02. The van der Waals surface area contributed by atoms with Crippen molar-refractivity contribution in [1.29, 1.82) is 0 Å². The smallest absolute Gasteiger partial charge is 0.407 e. The molecule has 34 heavy (non-hydrogen) atoms. The number of carboxylic acid groups (broad SMARTS) is 1. The maximum atomic E-state index is 13.2. The van der Waals surface area contributed by atoms with Crippen molar-refractivity contribution >= 4 is 28.5 Å². The van der Waals surface area contributed by atoms with Crippen LogP contribution in [0.25, 0.3) is 10.8 Å². The molecular weight excluding hydrogens is 430 g/mol. The van der Waals surface area contributed by atoms with Gasteiger partial charge in [0.15, 0.2) is 0 Å². The Hall–Kier alpha value is -2.83.